The lowest BCUT2D eigenvalue weighted by atomic mass is 10.1. The Kier molecular flexibility index (Phi) is 7.22. The number of nitrogens with zero attached hydrogens (tertiary/aromatic N) is 3. The first kappa shape index (κ1) is 26.2. The van der Waals surface area contributed by atoms with Gasteiger partial charge in [-0.15, -0.1) is 0 Å². The summed E-state index contributed by atoms with van der Waals surface area (Å²) in [5.74, 6) is 0.0172. The fourth-order valence-electron chi connectivity index (χ4n) is 4.40. The van der Waals surface area contributed by atoms with E-state index in [9.17, 15) is 18.0 Å². The average molecular weight is 550 g/mol. The lowest BCUT2D eigenvalue weighted by molar-refractivity contribution is 0.102. The number of carbonyl (C=O) groups is 1. The van der Waals surface area contributed by atoms with E-state index >= 15 is 0 Å². The molecule has 0 radical (unpaired) electrons. The first-order valence-corrected chi connectivity index (χ1v) is 13.7. The third-order valence-electron chi connectivity index (χ3n) is 6.37. The molecule has 1 aliphatic heterocycles. The largest absolute Gasteiger partial charge is 0.497 e. The highest BCUT2D eigenvalue weighted by Crippen LogP contribution is 2.31. The second kappa shape index (κ2) is 10.8. The minimum Gasteiger partial charge on any atom is -0.497 e. The Morgan fingerprint density at radius 1 is 0.974 bits per heavy atom. The number of fused-ring (bicyclic) bond motifs is 1. The zero-order chi connectivity index (χ0) is 27.6. The molecule has 1 aromatic heterocycles. The summed E-state index contributed by atoms with van der Waals surface area (Å²) >= 11 is 0. The highest BCUT2D eigenvalue weighted by molar-refractivity contribution is 7.92. The number of amides is 1. The molecular formula is C27H27N5O6S. The minimum atomic E-state index is -4.07. The van der Waals surface area contributed by atoms with Gasteiger partial charge in [-0.1, -0.05) is 18.2 Å². The number of nitrogens with one attached hydrogen (secondary N) is 2. The Morgan fingerprint density at radius 2 is 1.64 bits per heavy atom. The molecule has 12 heteroatoms. The Hall–Kier alpha value is -4.42. The van der Waals surface area contributed by atoms with Gasteiger partial charge in [0.05, 0.1) is 31.4 Å². The summed E-state index contributed by atoms with van der Waals surface area (Å²) in [7, 11) is -1.07. The van der Waals surface area contributed by atoms with Crippen LogP contribution < -0.4 is 25.2 Å². The maximum absolute atomic E-state index is 13.6. The van der Waals surface area contributed by atoms with Crippen molar-refractivity contribution < 1.29 is 22.7 Å². The van der Waals surface area contributed by atoms with Crippen LogP contribution in [0.25, 0.3) is 10.8 Å². The Bertz CT molecular complexity index is 1700. The van der Waals surface area contributed by atoms with E-state index in [-0.39, 0.29) is 21.8 Å². The second-order valence-corrected chi connectivity index (χ2v) is 10.5. The summed E-state index contributed by atoms with van der Waals surface area (Å²) < 4.78 is 41.5. The summed E-state index contributed by atoms with van der Waals surface area (Å²) in [4.78, 5) is 27.7. The number of methoxy groups -OCH3 is 1. The van der Waals surface area contributed by atoms with Gasteiger partial charge in [0.1, 0.15) is 10.6 Å². The maximum Gasteiger partial charge on any atom is 0.276 e. The van der Waals surface area contributed by atoms with Gasteiger partial charge in [-0.3, -0.25) is 14.3 Å². The number of morpholine rings is 1. The number of hydrogen-bond acceptors (Lipinski definition) is 8. The van der Waals surface area contributed by atoms with E-state index in [1.807, 2.05) is 4.90 Å². The standard InChI is InChI=1S/C27H27N5O6S/c1-31-27(34)22-6-4-3-5-21(22)25(29-31)26(33)28-19-9-12-23(32-13-15-38-16-14-32)24(17-19)39(35,36)30-18-7-10-20(37-2)11-8-18/h3-12,17,30H,13-16H2,1-2H3,(H,28,33). The molecule has 0 bridgehead atoms. The van der Waals surface area contributed by atoms with E-state index in [0.29, 0.717) is 54.2 Å². The summed E-state index contributed by atoms with van der Waals surface area (Å²) in [6.45, 7) is 1.97. The van der Waals surface area contributed by atoms with Crippen LogP contribution in [0.4, 0.5) is 17.1 Å². The molecule has 1 fully saturated rings. The van der Waals surface area contributed by atoms with Crippen molar-refractivity contribution in [2.75, 3.05) is 48.4 Å². The van der Waals surface area contributed by atoms with Crippen molar-refractivity contribution in [3.63, 3.8) is 0 Å². The highest BCUT2D eigenvalue weighted by atomic mass is 32.2. The van der Waals surface area contributed by atoms with Crippen LogP contribution in [0.3, 0.4) is 0 Å². The van der Waals surface area contributed by atoms with Gasteiger partial charge >= 0.3 is 0 Å². The average Bonchev–Trinajstić information content (AvgIpc) is 2.95. The molecule has 0 spiro atoms. The Labute approximate surface area is 225 Å². The zero-order valence-corrected chi connectivity index (χ0v) is 22.2. The fourth-order valence-corrected chi connectivity index (χ4v) is 5.71. The van der Waals surface area contributed by atoms with E-state index in [1.54, 1.807) is 60.7 Å². The van der Waals surface area contributed by atoms with E-state index in [1.165, 1.54) is 20.2 Å². The molecule has 11 nitrogen and oxygen atoms in total. The molecule has 1 saturated heterocycles. The number of ether oxygens (including phenoxy) is 2. The van der Waals surface area contributed by atoms with Gasteiger partial charge in [0.2, 0.25) is 0 Å². The van der Waals surface area contributed by atoms with Gasteiger partial charge in [-0.05, 0) is 48.5 Å². The molecule has 4 aromatic rings. The van der Waals surface area contributed by atoms with Crippen molar-refractivity contribution >= 4 is 43.8 Å². The molecule has 202 valence electrons. The number of hydrogen-bond donors (Lipinski definition) is 2. The zero-order valence-electron chi connectivity index (χ0n) is 21.4. The smallest absolute Gasteiger partial charge is 0.276 e. The van der Waals surface area contributed by atoms with Crippen LogP contribution in [-0.2, 0) is 21.8 Å². The van der Waals surface area contributed by atoms with Crippen LogP contribution >= 0.6 is 0 Å². The maximum atomic E-state index is 13.6. The molecule has 0 saturated carbocycles. The monoisotopic (exact) mass is 549 g/mol. The third kappa shape index (κ3) is 5.42. The molecule has 2 N–H and O–H groups in total. The molecule has 5 rings (SSSR count). The number of aromatic nitrogens is 2. The normalized spacial score (nSPS) is 13.7. The van der Waals surface area contributed by atoms with Crippen LogP contribution in [0.1, 0.15) is 10.5 Å². The second-order valence-electron chi connectivity index (χ2n) is 8.89. The van der Waals surface area contributed by atoms with Crippen LogP contribution in [-0.4, -0.2) is 57.5 Å². The molecule has 1 aliphatic rings. The first-order valence-electron chi connectivity index (χ1n) is 12.2. The molecular weight excluding hydrogens is 522 g/mol. The Balaban J connectivity index is 1.52. The van der Waals surface area contributed by atoms with Crippen LogP contribution in [0.15, 0.2) is 76.4 Å². The molecule has 39 heavy (non-hydrogen) atoms. The molecule has 2 heterocycles. The van der Waals surface area contributed by atoms with Crippen molar-refractivity contribution in [2.24, 2.45) is 7.05 Å². The van der Waals surface area contributed by atoms with Crippen LogP contribution in [0.2, 0.25) is 0 Å². The van der Waals surface area contributed by atoms with E-state index in [0.717, 1.165) is 4.68 Å². The van der Waals surface area contributed by atoms with Crippen molar-refractivity contribution in [3.05, 3.63) is 82.8 Å². The minimum absolute atomic E-state index is 0.00343. The van der Waals surface area contributed by atoms with Crippen molar-refractivity contribution in [3.8, 4) is 5.75 Å². The van der Waals surface area contributed by atoms with Gasteiger partial charge in [0.25, 0.3) is 21.5 Å². The van der Waals surface area contributed by atoms with Gasteiger partial charge in [-0.2, -0.15) is 5.10 Å². The fraction of sp³-hybridized carbons (Fsp3) is 0.222. The third-order valence-corrected chi connectivity index (χ3v) is 7.78. The van der Waals surface area contributed by atoms with E-state index < -0.39 is 15.9 Å². The predicted molar refractivity (Wildman–Crippen MR) is 148 cm³/mol. The molecule has 3 aromatic carbocycles. The molecule has 0 aliphatic carbocycles. The quantitative estimate of drug-likeness (QED) is 0.360. The van der Waals surface area contributed by atoms with Gasteiger partial charge < -0.3 is 19.7 Å². The lowest BCUT2D eigenvalue weighted by Crippen LogP contribution is -2.37. The number of benzene rings is 3. The number of rotatable bonds is 7. The van der Waals surface area contributed by atoms with E-state index in [2.05, 4.69) is 15.1 Å². The lowest BCUT2D eigenvalue weighted by Gasteiger charge is -2.30. The Morgan fingerprint density at radius 3 is 2.33 bits per heavy atom. The topological polar surface area (TPSA) is 132 Å². The summed E-state index contributed by atoms with van der Waals surface area (Å²) in [6.07, 6.45) is 0. The molecule has 1 amide bonds. The predicted octanol–water partition coefficient (Wildman–Crippen LogP) is 2.83. The van der Waals surface area contributed by atoms with Gasteiger partial charge in [0.15, 0.2) is 5.69 Å². The van der Waals surface area contributed by atoms with Crippen molar-refractivity contribution in [1.82, 2.24) is 9.78 Å². The van der Waals surface area contributed by atoms with Gasteiger partial charge in [-0.25, -0.2) is 13.1 Å². The number of carbonyl (C=O) groups excluding carboxylic acids is 1. The van der Waals surface area contributed by atoms with Crippen molar-refractivity contribution in [2.45, 2.75) is 4.90 Å². The summed E-state index contributed by atoms with van der Waals surface area (Å²) in [6, 6.07) is 17.9. The van der Waals surface area contributed by atoms with E-state index in [4.69, 9.17) is 9.47 Å². The summed E-state index contributed by atoms with van der Waals surface area (Å²) in [5.41, 5.74) is 0.828. The molecule has 0 unspecified atom stereocenters. The number of aryl methyl sites for hydroxylation is 1. The SMILES string of the molecule is COc1ccc(NS(=O)(=O)c2cc(NC(=O)c3nn(C)c(=O)c4ccccc34)ccc2N2CCOCC2)cc1. The number of sulfonamides is 1. The number of anilines is 3. The first-order chi connectivity index (χ1) is 18.8. The van der Waals surface area contributed by atoms with Crippen LogP contribution in [0.5, 0.6) is 5.75 Å². The highest BCUT2D eigenvalue weighted by Gasteiger charge is 2.25. The van der Waals surface area contributed by atoms with Crippen LogP contribution in [0, 0.1) is 0 Å². The molecule has 0 atom stereocenters. The van der Waals surface area contributed by atoms with Crippen molar-refractivity contribution in [1.29, 1.82) is 0 Å². The van der Waals surface area contributed by atoms with Gasteiger partial charge in [0, 0.05) is 36.9 Å². The summed E-state index contributed by atoms with van der Waals surface area (Å²) in [5, 5.41) is 7.66.